The molecular weight excluding hydrogens is 360 g/mol. The molecule has 4 nitrogen and oxygen atoms in total. The Morgan fingerprint density at radius 2 is 1.00 bits per heavy atom. The maximum Gasteiger partial charge on any atom is 0.306 e. The molecule has 0 radical (unpaired) electrons. The standard InChI is InChI=1S/C14H26O4S4/c1-17-13(15)7-11-21-19-9-5-3-4-6-10-20-22-12-8-14(16)18-2/h3-12H2,1-2H3. The minimum atomic E-state index is -0.130. The molecule has 130 valence electrons. The summed E-state index contributed by atoms with van der Waals surface area (Å²) in [6.45, 7) is 0. The largest absolute Gasteiger partial charge is 0.469 e. The minimum Gasteiger partial charge on any atom is -0.469 e. The van der Waals surface area contributed by atoms with Crippen LogP contribution in [0, 0.1) is 0 Å². The molecule has 0 rings (SSSR count). The number of esters is 2. The summed E-state index contributed by atoms with van der Waals surface area (Å²) in [5.74, 6) is 3.69. The molecular formula is C14H26O4S4. The van der Waals surface area contributed by atoms with E-state index in [1.54, 1.807) is 21.6 Å². The number of ether oxygens (including phenoxy) is 2. The second kappa shape index (κ2) is 17.7. The van der Waals surface area contributed by atoms with E-state index < -0.39 is 0 Å². The highest BCUT2D eigenvalue weighted by molar-refractivity contribution is 8.77. The van der Waals surface area contributed by atoms with Gasteiger partial charge in [0.05, 0.1) is 27.1 Å². The molecule has 0 aliphatic carbocycles. The van der Waals surface area contributed by atoms with Crippen molar-refractivity contribution in [3.63, 3.8) is 0 Å². The van der Waals surface area contributed by atoms with E-state index in [9.17, 15) is 9.59 Å². The lowest BCUT2D eigenvalue weighted by atomic mass is 10.2. The number of hydrogen-bond donors (Lipinski definition) is 0. The second-order valence-electron chi connectivity index (χ2n) is 4.35. The first-order valence-electron chi connectivity index (χ1n) is 7.33. The third-order valence-electron chi connectivity index (χ3n) is 2.61. The molecule has 8 heteroatoms. The van der Waals surface area contributed by atoms with E-state index >= 15 is 0 Å². The van der Waals surface area contributed by atoms with Crippen molar-refractivity contribution in [3.8, 4) is 0 Å². The summed E-state index contributed by atoms with van der Waals surface area (Å²) < 4.78 is 9.17. The van der Waals surface area contributed by atoms with E-state index in [2.05, 4.69) is 9.47 Å². The normalized spacial score (nSPS) is 10.5. The molecule has 22 heavy (non-hydrogen) atoms. The Balaban J connectivity index is 3.05. The summed E-state index contributed by atoms with van der Waals surface area (Å²) >= 11 is 0. The SMILES string of the molecule is COC(=O)CCSSCCCCCCSSCCC(=O)OC. The molecule has 0 aliphatic heterocycles. The van der Waals surface area contributed by atoms with Crippen molar-refractivity contribution in [1.82, 2.24) is 0 Å². The molecule has 0 aromatic carbocycles. The lowest BCUT2D eigenvalue weighted by Gasteiger charge is -2.02. The smallest absolute Gasteiger partial charge is 0.306 e. The molecule has 0 aromatic heterocycles. The summed E-state index contributed by atoms with van der Waals surface area (Å²) in [7, 11) is 10.0. The van der Waals surface area contributed by atoms with Crippen LogP contribution in [-0.4, -0.2) is 49.2 Å². The third kappa shape index (κ3) is 16.7. The van der Waals surface area contributed by atoms with Crippen molar-refractivity contribution >= 4 is 55.1 Å². The summed E-state index contributed by atoms with van der Waals surface area (Å²) in [6, 6.07) is 0. The van der Waals surface area contributed by atoms with Crippen LogP contribution in [0.1, 0.15) is 38.5 Å². The Bertz CT molecular complexity index is 262. The average molecular weight is 387 g/mol. The van der Waals surface area contributed by atoms with Crippen molar-refractivity contribution in [2.75, 3.05) is 37.2 Å². The van der Waals surface area contributed by atoms with Crippen LogP contribution in [0.25, 0.3) is 0 Å². The Morgan fingerprint density at radius 1 is 0.636 bits per heavy atom. The highest BCUT2D eigenvalue weighted by Gasteiger charge is 2.01. The molecule has 0 unspecified atom stereocenters. The Kier molecular flexibility index (Phi) is 18.0. The van der Waals surface area contributed by atoms with Gasteiger partial charge in [-0.25, -0.2) is 0 Å². The van der Waals surface area contributed by atoms with Gasteiger partial charge in [0.15, 0.2) is 0 Å². The number of carbonyl (C=O) groups excluding carboxylic acids is 2. The highest BCUT2D eigenvalue weighted by Crippen LogP contribution is 2.25. The number of carbonyl (C=O) groups is 2. The van der Waals surface area contributed by atoms with Gasteiger partial charge < -0.3 is 9.47 Å². The predicted molar refractivity (Wildman–Crippen MR) is 102 cm³/mol. The first kappa shape index (κ1) is 22.3. The minimum absolute atomic E-state index is 0.130. The van der Waals surface area contributed by atoms with Gasteiger partial charge in [-0.15, -0.1) is 0 Å². The van der Waals surface area contributed by atoms with Crippen LogP contribution in [0.2, 0.25) is 0 Å². The van der Waals surface area contributed by atoms with Crippen molar-refractivity contribution in [2.24, 2.45) is 0 Å². The van der Waals surface area contributed by atoms with Crippen LogP contribution in [0.4, 0.5) is 0 Å². The Labute approximate surface area is 149 Å². The molecule has 0 atom stereocenters. The van der Waals surface area contributed by atoms with Gasteiger partial charge in [0.25, 0.3) is 0 Å². The van der Waals surface area contributed by atoms with Gasteiger partial charge in [0, 0.05) is 23.0 Å². The van der Waals surface area contributed by atoms with Crippen molar-refractivity contribution in [1.29, 1.82) is 0 Å². The first-order valence-corrected chi connectivity index (χ1v) is 12.3. The number of hydrogen-bond acceptors (Lipinski definition) is 8. The monoisotopic (exact) mass is 386 g/mol. The molecule has 0 fully saturated rings. The van der Waals surface area contributed by atoms with Crippen LogP contribution in [0.15, 0.2) is 0 Å². The number of rotatable bonds is 15. The van der Waals surface area contributed by atoms with E-state index in [4.69, 9.17) is 0 Å². The molecule has 0 aromatic rings. The van der Waals surface area contributed by atoms with Crippen molar-refractivity contribution in [3.05, 3.63) is 0 Å². The first-order chi connectivity index (χ1) is 10.7. The fourth-order valence-electron chi connectivity index (χ4n) is 1.37. The zero-order valence-electron chi connectivity index (χ0n) is 13.3. The number of methoxy groups -OCH3 is 2. The van der Waals surface area contributed by atoms with E-state index in [1.807, 2.05) is 21.6 Å². The van der Waals surface area contributed by atoms with Gasteiger partial charge in [-0.2, -0.15) is 0 Å². The van der Waals surface area contributed by atoms with Crippen molar-refractivity contribution in [2.45, 2.75) is 38.5 Å². The molecule has 0 saturated heterocycles. The average Bonchev–Trinajstić information content (AvgIpc) is 2.54. The van der Waals surface area contributed by atoms with Crippen LogP contribution >= 0.6 is 43.2 Å². The summed E-state index contributed by atoms with van der Waals surface area (Å²) in [5.41, 5.74) is 0. The fraction of sp³-hybridized carbons (Fsp3) is 0.857. The van der Waals surface area contributed by atoms with E-state index in [0.717, 1.165) is 23.0 Å². The predicted octanol–water partition coefficient (Wildman–Crippen LogP) is 4.44. The second-order valence-corrected chi connectivity index (χ2v) is 9.76. The van der Waals surface area contributed by atoms with E-state index in [0.29, 0.717) is 12.8 Å². The maximum atomic E-state index is 10.9. The van der Waals surface area contributed by atoms with Gasteiger partial charge in [-0.05, 0) is 12.8 Å². The highest BCUT2D eigenvalue weighted by atomic mass is 33.1. The Hall–Kier alpha value is 0.340. The fourth-order valence-corrected chi connectivity index (χ4v) is 5.60. The molecule has 0 aliphatic rings. The van der Waals surface area contributed by atoms with Crippen LogP contribution < -0.4 is 0 Å². The summed E-state index contributed by atoms with van der Waals surface area (Å²) in [4.78, 5) is 21.8. The quantitative estimate of drug-likeness (QED) is 0.233. The van der Waals surface area contributed by atoms with Gasteiger partial charge in [0.1, 0.15) is 0 Å². The van der Waals surface area contributed by atoms with Crippen LogP contribution in [0.5, 0.6) is 0 Å². The summed E-state index contributed by atoms with van der Waals surface area (Å²) in [5, 5.41) is 0. The topological polar surface area (TPSA) is 52.6 Å². The van der Waals surface area contributed by atoms with Gasteiger partial charge >= 0.3 is 11.9 Å². The number of unbranched alkanes of at least 4 members (excludes halogenated alkanes) is 3. The van der Waals surface area contributed by atoms with Gasteiger partial charge in [0.2, 0.25) is 0 Å². The molecule has 0 amide bonds. The lowest BCUT2D eigenvalue weighted by molar-refractivity contribution is -0.140. The van der Waals surface area contributed by atoms with Gasteiger partial charge in [-0.1, -0.05) is 56.0 Å². The molecule has 0 bridgehead atoms. The van der Waals surface area contributed by atoms with Crippen molar-refractivity contribution < 1.29 is 19.1 Å². The molecule has 0 saturated carbocycles. The van der Waals surface area contributed by atoms with Crippen LogP contribution in [-0.2, 0) is 19.1 Å². The lowest BCUT2D eigenvalue weighted by Crippen LogP contribution is -2.00. The van der Waals surface area contributed by atoms with Crippen LogP contribution in [0.3, 0.4) is 0 Å². The molecule has 0 heterocycles. The third-order valence-corrected chi connectivity index (χ3v) is 7.59. The maximum absolute atomic E-state index is 10.9. The van der Waals surface area contributed by atoms with E-state index in [1.165, 1.54) is 39.9 Å². The summed E-state index contributed by atoms with van der Waals surface area (Å²) in [6.07, 6.45) is 5.99. The Morgan fingerprint density at radius 3 is 1.36 bits per heavy atom. The zero-order valence-corrected chi connectivity index (χ0v) is 16.6. The zero-order chi connectivity index (χ0) is 16.5. The molecule has 0 spiro atoms. The molecule has 0 N–H and O–H groups in total. The van der Waals surface area contributed by atoms with Gasteiger partial charge in [-0.3, -0.25) is 9.59 Å². The van der Waals surface area contributed by atoms with E-state index in [-0.39, 0.29) is 11.9 Å².